The lowest BCUT2D eigenvalue weighted by Gasteiger charge is -2.23. The molecule has 1 aliphatic heterocycles. The summed E-state index contributed by atoms with van der Waals surface area (Å²) >= 11 is 0. The number of nitrogens with zero attached hydrogens (tertiary/aromatic N) is 1. The Kier molecular flexibility index (Phi) is 9.59. The number of benzene rings is 2. The van der Waals surface area contributed by atoms with Crippen LogP contribution >= 0.6 is 8.53 Å². The van der Waals surface area contributed by atoms with Crippen molar-refractivity contribution in [1.82, 2.24) is 5.09 Å². The number of hydrogen-bond acceptors (Lipinski definition) is 3. The van der Waals surface area contributed by atoms with E-state index in [0.29, 0.717) is 5.75 Å². The minimum Gasteiger partial charge on any atom is -0.432 e. The maximum atomic E-state index is 12.8. The van der Waals surface area contributed by atoms with Gasteiger partial charge in [0.05, 0.1) is 5.69 Å². The number of nitrogens with one attached hydrogen (secondary N) is 1. The Morgan fingerprint density at radius 3 is 2.43 bits per heavy atom. The van der Waals surface area contributed by atoms with Crippen LogP contribution in [0.1, 0.15) is 19.4 Å². The van der Waals surface area contributed by atoms with Gasteiger partial charge in [-0.25, -0.2) is 4.79 Å². The minimum absolute atomic E-state index is 0.306. The Morgan fingerprint density at radius 2 is 1.80 bits per heavy atom. The molecule has 0 saturated carbocycles. The van der Waals surface area contributed by atoms with Crippen LogP contribution in [0.4, 0.5) is 10.5 Å². The Labute approximate surface area is 180 Å². The second-order valence-corrected chi connectivity index (χ2v) is 7.44. The molecule has 156 valence electrons. The third-order valence-corrected chi connectivity index (χ3v) is 4.97. The highest BCUT2D eigenvalue weighted by atomic mass is 31.2. The average Bonchev–Trinajstić information content (AvgIpc) is 2.94. The molecule has 0 radical (unpaired) electrons. The Hall–Kier alpha value is -3.14. The van der Waals surface area contributed by atoms with E-state index in [1.165, 1.54) is 7.11 Å². The summed E-state index contributed by atoms with van der Waals surface area (Å²) < 4.78 is 11.0. The van der Waals surface area contributed by atoms with Crippen LogP contribution in [-0.4, -0.2) is 13.1 Å². The van der Waals surface area contributed by atoms with Crippen LogP contribution in [0, 0.1) is 0 Å². The van der Waals surface area contributed by atoms with E-state index in [9.17, 15) is 4.79 Å². The van der Waals surface area contributed by atoms with Gasteiger partial charge in [0.15, 0.2) is 0 Å². The highest BCUT2D eigenvalue weighted by molar-refractivity contribution is 7.46. The van der Waals surface area contributed by atoms with Crippen molar-refractivity contribution in [2.45, 2.75) is 13.8 Å². The second-order valence-electron chi connectivity index (χ2n) is 6.16. The number of carbonyl (C=O) groups excluding carboxylic acids is 1. The van der Waals surface area contributed by atoms with E-state index in [1.54, 1.807) is 17.2 Å². The van der Waals surface area contributed by atoms with Gasteiger partial charge in [-0.05, 0) is 43.2 Å². The molecule has 1 aliphatic rings. The van der Waals surface area contributed by atoms with Gasteiger partial charge in [0.25, 0.3) is 0 Å². The smallest absolute Gasteiger partial charge is 0.353 e. The molecule has 0 aromatic heterocycles. The van der Waals surface area contributed by atoms with Gasteiger partial charge >= 0.3 is 14.6 Å². The number of fused-ring (bicyclic) bond motifs is 1. The molecule has 1 unspecified atom stereocenters. The van der Waals surface area contributed by atoms with Crippen molar-refractivity contribution in [2.75, 3.05) is 12.0 Å². The van der Waals surface area contributed by atoms with Gasteiger partial charge in [-0.15, -0.1) is 0 Å². The molecule has 5 nitrogen and oxygen atoms in total. The molecule has 1 N–H and O–H groups in total. The van der Waals surface area contributed by atoms with E-state index in [4.69, 9.17) is 9.05 Å². The van der Waals surface area contributed by atoms with Crippen molar-refractivity contribution >= 4 is 26.3 Å². The summed E-state index contributed by atoms with van der Waals surface area (Å²) in [4.78, 5) is 14.4. The van der Waals surface area contributed by atoms with Crippen LogP contribution in [0.25, 0.3) is 6.08 Å². The van der Waals surface area contributed by atoms with Crippen molar-refractivity contribution in [1.29, 1.82) is 0 Å². The third kappa shape index (κ3) is 7.03. The number of allylic oxidation sites excluding steroid dienone is 5. The molecule has 0 bridgehead atoms. The molecule has 30 heavy (non-hydrogen) atoms. The quantitative estimate of drug-likeness (QED) is 0.424. The lowest BCUT2D eigenvalue weighted by Crippen LogP contribution is -2.35. The summed E-state index contributed by atoms with van der Waals surface area (Å²) in [5, 5.41) is 2.81. The van der Waals surface area contributed by atoms with Crippen LogP contribution in [0.5, 0.6) is 5.75 Å². The number of carbonyl (C=O) groups is 1. The monoisotopic (exact) mass is 422 g/mol. The molecule has 1 atom stereocenters. The summed E-state index contributed by atoms with van der Waals surface area (Å²) in [6.07, 6.45) is 11.3. The van der Waals surface area contributed by atoms with Crippen molar-refractivity contribution in [3.8, 4) is 5.75 Å². The molecule has 0 spiro atoms. The zero-order valence-electron chi connectivity index (χ0n) is 17.5. The zero-order valence-corrected chi connectivity index (χ0v) is 18.4. The first-order chi connectivity index (χ1) is 14.6. The minimum atomic E-state index is -1.60. The molecule has 0 fully saturated rings. The van der Waals surface area contributed by atoms with E-state index in [-0.39, 0.29) is 6.03 Å². The number of para-hydroxylation sites is 2. The van der Waals surface area contributed by atoms with Crippen LogP contribution in [-0.2, 0) is 4.52 Å². The van der Waals surface area contributed by atoms with E-state index < -0.39 is 8.53 Å². The molecular formula is C24H27N2O3P. The fourth-order valence-electron chi connectivity index (χ4n) is 2.50. The Balaban J connectivity index is 0.000000575. The maximum absolute atomic E-state index is 12.8. The van der Waals surface area contributed by atoms with Crippen molar-refractivity contribution < 1.29 is 13.8 Å². The molecule has 3 rings (SSSR count). The predicted molar refractivity (Wildman–Crippen MR) is 126 cm³/mol. The normalized spacial score (nSPS) is 13.3. The highest BCUT2D eigenvalue weighted by Gasteiger charge is 2.23. The lowest BCUT2D eigenvalue weighted by molar-refractivity contribution is 0.251. The maximum Gasteiger partial charge on any atom is 0.353 e. The number of rotatable bonds is 5. The van der Waals surface area contributed by atoms with Crippen molar-refractivity contribution in [2.24, 2.45) is 0 Å². The molecule has 2 amide bonds. The van der Waals surface area contributed by atoms with Gasteiger partial charge < -0.3 is 9.05 Å². The van der Waals surface area contributed by atoms with Gasteiger partial charge in [-0.3, -0.25) is 9.99 Å². The largest absolute Gasteiger partial charge is 0.432 e. The zero-order chi connectivity index (χ0) is 21.8. The molecule has 2 aromatic carbocycles. The lowest BCUT2D eigenvalue weighted by atomic mass is 10.1. The fraction of sp³-hybridized carbons (Fsp3) is 0.125. The number of urea groups is 1. The van der Waals surface area contributed by atoms with Gasteiger partial charge in [0.2, 0.25) is 0 Å². The number of hydrogen-bond donors (Lipinski definition) is 1. The Bertz CT molecular complexity index is 923. The fourth-order valence-corrected chi connectivity index (χ4v) is 3.29. The first-order valence-corrected chi connectivity index (χ1v) is 10.6. The summed E-state index contributed by atoms with van der Waals surface area (Å²) in [6, 6.07) is 16.7. The number of anilines is 1. The van der Waals surface area contributed by atoms with Crippen molar-refractivity contribution in [3.63, 3.8) is 0 Å². The first-order valence-electron chi connectivity index (χ1n) is 9.45. The van der Waals surface area contributed by atoms with Gasteiger partial charge in [0, 0.05) is 13.3 Å². The summed E-state index contributed by atoms with van der Waals surface area (Å²) in [6.45, 7) is 7.37. The predicted octanol–water partition coefficient (Wildman–Crippen LogP) is 6.83. The molecular weight excluding hydrogens is 395 g/mol. The van der Waals surface area contributed by atoms with Gasteiger partial charge in [-0.2, -0.15) is 0 Å². The van der Waals surface area contributed by atoms with Crippen molar-refractivity contribution in [3.05, 3.63) is 103 Å². The molecule has 0 saturated heterocycles. The van der Waals surface area contributed by atoms with Crippen LogP contribution in [0.2, 0.25) is 0 Å². The average molecular weight is 422 g/mol. The van der Waals surface area contributed by atoms with E-state index in [1.807, 2.05) is 92.7 Å². The van der Waals surface area contributed by atoms with Gasteiger partial charge in [-0.1, -0.05) is 73.4 Å². The summed E-state index contributed by atoms with van der Waals surface area (Å²) in [7, 11) is -0.0942. The topological polar surface area (TPSA) is 50.8 Å². The third-order valence-electron chi connectivity index (χ3n) is 3.89. The van der Waals surface area contributed by atoms with Gasteiger partial charge in [0.1, 0.15) is 5.75 Å². The summed E-state index contributed by atoms with van der Waals surface area (Å²) in [5.74, 6) is 0.639. The van der Waals surface area contributed by atoms with E-state index in [0.717, 1.165) is 16.8 Å². The van der Waals surface area contributed by atoms with Crippen LogP contribution in [0.3, 0.4) is 0 Å². The summed E-state index contributed by atoms with van der Waals surface area (Å²) in [5.41, 5.74) is 2.74. The SMILES string of the molecule is C=C/C=C\C.COP(NC(=O)N1C=C(C)C=Cc2ccccc21)Oc1ccccc1. The molecule has 6 heteroatoms. The Morgan fingerprint density at radius 1 is 1.10 bits per heavy atom. The second kappa shape index (κ2) is 12.4. The molecule has 0 aliphatic carbocycles. The molecule has 2 aromatic rings. The number of amides is 2. The van der Waals surface area contributed by atoms with E-state index >= 15 is 0 Å². The molecule has 1 heterocycles. The van der Waals surface area contributed by atoms with Crippen LogP contribution < -0.4 is 14.5 Å². The first kappa shape index (κ1) is 23.1. The van der Waals surface area contributed by atoms with Crippen LogP contribution in [0.15, 0.2) is 97.3 Å². The standard InChI is InChI=1S/C19H19N2O3P.C5H8/c1-15-12-13-16-8-6-7-11-18(16)21(14-15)19(22)20-25(23-2)24-17-9-4-3-5-10-17;1-3-5-4-2/h3-14H,1-2H3,(H,20,22);3-5H,1H2,2H3/b;5-4-. The van der Waals surface area contributed by atoms with E-state index in [2.05, 4.69) is 11.7 Å². The highest BCUT2D eigenvalue weighted by Crippen LogP contribution is 2.35.